The van der Waals surface area contributed by atoms with Crippen LogP contribution in [0.3, 0.4) is 0 Å². The van der Waals surface area contributed by atoms with E-state index in [-0.39, 0.29) is 5.91 Å². The van der Waals surface area contributed by atoms with E-state index in [1.807, 2.05) is 42.2 Å². The fourth-order valence-electron chi connectivity index (χ4n) is 3.08. The molecular formula is C18H23N3O3. The molecule has 1 saturated heterocycles. The molecule has 1 fully saturated rings. The van der Waals surface area contributed by atoms with Gasteiger partial charge in [0.25, 0.3) is 5.91 Å². The summed E-state index contributed by atoms with van der Waals surface area (Å²) in [7, 11) is 1.69. The minimum absolute atomic E-state index is 0.0120. The molecule has 2 heterocycles. The molecule has 0 spiro atoms. The number of rotatable bonds is 5. The monoisotopic (exact) mass is 329 g/mol. The van der Waals surface area contributed by atoms with Crippen LogP contribution in [0.5, 0.6) is 5.75 Å². The Balaban J connectivity index is 1.70. The molecule has 1 aromatic heterocycles. The van der Waals surface area contributed by atoms with E-state index >= 15 is 0 Å². The Morgan fingerprint density at radius 1 is 1.38 bits per heavy atom. The van der Waals surface area contributed by atoms with Crippen LogP contribution < -0.4 is 4.74 Å². The van der Waals surface area contributed by atoms with E-state index in [0.29, 0.717) is 18.7 Å². The molecule has 0 radical (unpaired) electrons. The first kappa shape index (κ1) is 16.5. The number of nitrogens with one attached hydrogen (secondary N) is 1. The number of likely N-dealkylation sites (tertiary alicyclic amines) is 1. The van der Waals surface area contributed by atoms with Crippen molar-refractivity contribution < 1.29 is 14.3 Å². The van der Waals surface area contributed by atoms with Crippen LogP contribution in [0.25, 0.3) is 0 Å². The van der Waals surface area contributed by atoms with Crippen molar-refractivity contribution in [1.82, 2.24) is 15.1 Å². The topological polar surface area (TPSA) is 67.5 Å². The van der Waals surface area contributed by atoms with Gasteiger partial charge in [-0.1, -0.05) is 18.2 Å². The molecule has 6 heteroatoms. The zero-order valence-corrected chi connectivity index (χ0v) is 14.1. The molecule has 3 rings (SSSR count). The molecule has 24 heavy (non-hydrogen) atoms. The number of ether oxygens (including phenoxy) is 2. The van der Waals surface area contributed by atoms with Gasteiger partial charge < -0.3 is 14.4 Å². The summed E-state index contributed by atoms with van der Waals surface area (Å²) in [6.45, 7) is 3.51. The van der Waals surface area contributed by atoms with E-state index in [1.54, 1.807) is 13.3 Å². The maximum absolute atomic E-state index is 12.7. The van der Waals surface area contributed by atoms with Gasteiger partial charge >= 0.3 is 0 Å². The van der Waals surface area contributed by atoms with Crippen LogP contribution in [0.4, 0.5) is 0 Å². The summed E-state index contributed by atoms with van der Waals surface area (Å²) in [6, 6.07) is 9.67. The average molecular weight is 329 g/mol. The maximum atomic E-state index is 12.7. The SMILES string of the molecule is COC1(COc2ccccc2)CCCN(C(=O)c2cn[nH]c2C)C1. The zero-order valence-electron chi connectivity index (χ0n) is 14.1. The summed E-state index contributed by atoms with van der Waals surface area (Å²) in [5.74, 6) is 0.796. The summed E-state index contributed by atoms with van der Waals surface area (Å²) in [4.78, 5) is 14.6. The van der Waals surface area contributed by atoms with Crippen LogP contribution in [0.2, 0.25) is 0 Å². The predicted molar refractivity (Wildman–Crippen MR) is 90.1 cm³/mol. The summed E-state index contributed by atoms with van der Waals surface area (Å²) >= 11 is 0. The van der Waals surface area contributed by atoms with E-state index in [2.05, 4.69) is 10.2 Å². The number of hydrogen-bond donors (Lipinski definition) is 1. The van der Waals surface area contributed by atoms with Crippen molar-refractivity contribution in [2.75, 3.05) is 26.8 Å². The minimum atomic E-state index is -0.485. The number of H-pyrrole nitrogens is 1. The highest BCUT2D eigenvalue weighted by Crippen LogP contribution is 2.27. The third kappa shape index (κ3) is 3.43. The Bertz CT molecular complexity index is 686. The average Bonchev–Trinajstić information content (AvgIpc) is 3.06. The molecule has 128 valence electrons. The third-order valence-corrected chi connectivity index (χ3v) is 4.57. The summed E-state index contributed by atoms with van der Waals surface area (Å²) in [5, 5.41) is 6.76. The summed E-state index contributed by atoms with van der Waals surface area (Å²) in [6.07, 6.45) is 3.33. The lowest BCUT2D eigenvalue weighted by molar-refractivity contribution is -0.0825. The van der Waals surface area contributed by atoms with Gasteiger partial charge in [-0.2, -0.15) is 5.10 Å². The number of carbonyl (C=O) groups is 1. The first-order chi connectivity index (χ1) is 11.6. The number of hydrogen-bond acceptors (Lipinski definition) is 4. The van der Waals surface area contributed by atoms with Gasteiger partial charge in [0.1, 0.15) is 18.0 Å². The van der Waals surface area contributed by atoms with Crippen LogP contribution in [0, 0.1) is 6.92 Å². The second-order valence-electron chi connectivity index (χ2n) is 6.23. The second-order valence-corrected chi connectivity index (χ2v) is 6.23. The molecule has 0 saturated carbocycles. The van der Waals surface area contributed by atoms with Gasteiger partial charge in [0.05, 0.1) is 18.3 Å². The molecule has 6 nitrogen and oxygen atoms in total. The molecule has 2 aromatic rings. The largest absolute Gasteiger partial charge is 0.491 e. The minimum Gasteiger partial charge on any atom is -0.491 e. The smallest absolute Gasteiger partial charge is 0.257 e. The third-order valence-electron chi connectivity index (χ3n) is 4.57. The molecular weight excluding hydrogens is 306 g/mol. The highest BCUT2D eigenvalue weighted by Gasteiger charge is 2.38. The van der Waals surface area contributed by atoms with Gasteiger partial charge in [0.15, 0.2) is 0 Å². The molecule has 1 unspecified atom stereocenters. The van der Waals surface area contributed by atoms with E-state index in [0.717, 1.165) is 30.8 Å². The number of methoxy groups -OCH3 is 1. The van der Waals surface area contributed by atoms with Gasteiger partial charge in [0.2, 0.25) is 0 Å². The molecule has 1 N–H and O–H groups in total. The Kier molecular flexibility index (Phi) is 4.85. The van der Waals surface area contributed by atoms with E-state index in [1.165, 1.54) is 0 Å². The molecule has 1 aliphatic heterocycles. The van der Waals surface area contributed by atoms with Crippen LogP contribution in [0.1, 0.15) is 28.9 Å². The number of nitrogens with zero attached hydrogens (tertiary/aromatic N) is 2. The van der Waals surface area contributed by atoms with Crippen molar-refractivity contribution in [3.63, 3.8) is 0 Å². The fraction of sp³-hybridized carbons (Fsp3) is 0.444. The Labute approximate surface area is 141 Å². The maximum Gasteiger partial charge on any atom is 0.257 e. The quantitative estimate of drug-likeness (QED) is 0.915. The Morgan fingerprint density at radius 3 is 2.83 bits per heavy atom. The number of aromatic nitrogens is 2. The fourth-order valence-corrected chi connectivity index (χ4v) is 3.08. The molecule has 1 aliphatic rings. The lowest BCUT2D eigenvalue weighted by Gasteiger charge is -2.41. The number of carbonyl (C=O) groups excluding carboxylic acids is 1. The van der Waals surface area contributed by atoms with Crippen molar-refractivity contribution in [3.05, 3.63) is 47.8 Å². The highest BCUT2D eigenvalue weighted by molar-refractivity contribution is 5.95. The molecule has 0 bridgehead atoms. The number of aromatic amines is 1. The highest BCUT2D eigenvalue weighted by atomic mass is 16.5. The van der Waals surface area contributed by atoms with Crippen LogP contribution >= 0.6 is 0 Å². The standard InChI is InChI=1S/C18H23N3O3/c1-14-16(11-19-20-14)17(22)21-10-6-9-18(12-21,23-2)13-24-15-7-4-3-5-8-15/h3-5,7-8,11H,6,9-10,12-13H2,1-2H3,(H,19,20). The van der Waals surface area contributed by atoms with Crippen LogP contribution in [0.15, 0.2) is 36.5 Å². The number of benzene rings is 1. The number of piperidine rings is 1. The number of amides is 1. The van der Waals surface area contributed by atoms with Gasteiger partial charge in [-0.3, -0.25) is 9.89 Å². The molecule has 0 aliphatic carbocycles. The van der Waals surface area contributed by atoms with E-state index in [4.69, 9.17) is 9.47 Å². The number of para-hydroxylation sites is 1. The van der Waals surface area contributed by atoms with Crippen molar-refractivity contribution in [3.8, 4) is 5.75 Å². The predicted octanol–water partition coefficient (Wildman–Crippen LogP) is 2.42. The zero-order chi connectivity index (χ0) is 17.0. The van der Waals surface area contributed by atoms with Crippen LogP contribution in [-0.4, -0.2) is 53.4 Å². The lowest BCUT2D eigenvalue weighted by Crippen LogP contribution is -2.54. The van der Waals surface area contributed by atoms with Crippen molar-refractivity contribution in [1.29, 1.82) is 0 Å². The van der Waals surface area contributed by atoms with E-state index < -0.39 is 5.60 Å². The van der Waals surface area contributed by atoms with Crippen LogP contribution in [-0.2, 0) is 4.74 Å². The van der Waals surface area contributed by atoms with Crippen molar-refractivity contribution in [2.24, 2.45) is 0 Å². The second kappa shape index (κ2) is 7.05. The van der Waals surface area contributed by atoms with Crippen molar-refractivity contribution >= 4 is 5.91 Å². The Morgan fingerprint density at radius 2 is 2.17 bits per heavy atom. The Hall–Kier alpha value is -2.34. The summed E-state index contributed by atoms with van der Waals surface area (Å²) in [5.41, 5.74) is 0.918. The van der Waals surface area contributed by atoms with Gasteiger partial charge in [-0.25, -0.2) is 0 Å². The normalized spacial score (nSPS) is 20.8. The lowest BCUT2D eigenvalue weighted by atomic mass is 9.92. The van der Waals surface area contributed by atoms with Crippen molar-refractivity contribution in [2.45, 2.75) is 25.4 Å². The first-order valence-corrected chi connectivity index (χ1v) is 8.16. The molecule has 1 atom stereocenters. The van der Waals surface area contributed by atoms with Gasteiger partial charge in [-0.05, 0) is 31.9 Å². The number of aryl methyl sites for hydroxylation is 1. The van der Waals surface area contributed by atoms with Gasteiger partial charge in [0, 0.05) is 19.3 Å². The van der Waals surface area contributed by atoms with E-state index in [9.17, 15) is 4.79 Å². The first-order valence-electron chi connectivity index (χ1n) is 8.16. The van der Waals surface area contributed by atoms with Gasteiger partial charge in [-0.15, -0.1) is 0 Å². The molecule has 1 aromatic carbocycles. The summed E-state index contributed by atoms with van der Waals surface area (Å²) < 4.78 is 11.7. The molecule has 1 amide bonds.